The first-order valence-electron chi connectivity index (χ1n) is 9.62. The zero-order valence-corrected chi connectivity index (χ0v) is 16.6. The van der Waals surface area contributed by atoms with Gasteiger partial charge in [0.15, 0.2) is 0 Å². The highest BCUT2D eigenvalue weighted by Crippen LogP contribution is 2.28. The van der Waals surface area contributed by atoms with Crippen LogP contribution in [0.1, 0.15) is 62.9 Å². The minimum Gasteiger partial charge on any atom is -0.350 e. The monoisotopic (exact) mass is 364 g/mol. The zero-order chi connectivity index (χ0) is 19.6. The number of carbonyl (C=O) groups excluding carboxylic acids is 1. The number of rotatable bonds is 4. The molecule has 1 aliphatic rings. The minimum absolute atomic E-state index is 0.0100. The van der Waals surface area contributed by atoms with Crippen molar-refractivity contribution >= 4 is 11.5 Å². The van der Waals surface area contributed by atoms with Crippen LogP contribution in [0, 0.1) is 0 Å². The van der Waals surface area contributed by atoms with Crippen LogP contribution in [-0.4, -0.2) is 16.9 Å². The predicted molar refractivity (Wildman–Crippen MR) is 110 cm³/mol. The Hall–Kier alpha value is -2.62. The summed E-state index contributed by atoms with van der Waals surface area (Å²) in [5, 5.41) is 2.99. The summed E-state index contributed by atoms with van der Waals surface area (Å²) in [7, 11) is 0. The second-order valence-corrected chi connectivity index (χ2v) is 8.20. The van der Waals surface area contributed by atoms with Crippen LogP contribution < -0.4 is 10.9 Å². The van der Waals surface area contributed by atoms with Gasteiger partial charge in [-0.05, 0) is 35.4 Å². The Morgan fingerprint density at radius 3 is 2.33 bits per heavy atom. The number of hydrogen-bond acceptors (Lipinski definition) is 2. The van der Waals surface area contributed by atoms with E-state index in [-0.39, 0.29) is 22.9 Å². The topological polar surface area (TPSA) is 62.0 Å². The molecule has 0 unspecified atom stereocenters. The Kier molecular flexibility index (Phi) is 5.36. The standard InChI is InChI=1S/C23H28N2O2/c1-5-15-8-12-20(25-22(15)27)19(14-18-11-13-21(26)24-18)16-6-9-17(10-7-16)23(2,3)4/h6-10,12,14,18H,5,11,13H2,1-4H3,(H,24,26)(H,25,27)/b19-14-/t18-/m1/s1. The van der Waals surface area contributed by atoms with Crippen molar-refractivity contribution in [1.82, 2.24) is 10.3 Å². The molecule has 0 saturated carbocycles. The Labute approximate surface area is 160 Å². The van der Waals surface area contributed by atoms with E-state index in [1.165, 1.54) is 5.56 Å². The van der Waals surface area contributed by atoms with Crippen LogP contribution in [0.5, 0.6) is 0 Å². The first-order valence-corrected chi connectivity index (χ1v) is 9.62. The number of aryl methyl sites for hydroxylation is 1. The van der Waals surface area contributed by atoms with Gasteiger partial charge in [-0.3, -0.25) is 9.59 Å². The predicted octanol–water partition coefficient (Wildman–Crippen LogP) is 3.95. The maximum atomic E-state index is 12.3. The second-order valence-electron chi connectivity index (χ2n) is 8.20. The Morgan fingerprint density at radius 2 is 1.81 bits per heavy atom. The number of pyridine rings is 1. The highest BCUT2D eigenvalue weighted by atomic mass is 16.2. The van der Waals surface area contributed by atoms with E-state index in [1.54, 1.807) is 0 Å². The van der Waals surface area contributed by atoms with Crippen molar-refractivity contribution in [3.63, 3.8) is 0 Å². The molecule has 0 radical (unpaired) electrons. The van der Waals surface area contributed by atoms with Gasteiger partial charge in [-0.15, -0.1) is 0 Å². The van der Waals surface area contributed by atoms with Gasteiger partial charge >= 0.3 is 0 Å². The highest BCUT2D eigenvalue weighted by Gasteiger charge is 2.21. The van der Waals surface area contributed by atoms with Crippen molar-refractivity contribution in [2.75, 3.05) is 0 Å². The molecule has 1 amide bonds. The molecule has 0 spiro atoms. The molecule has 1 aromatic carbocycles. The number of hydrogen-bond donors (Lipinski definition) is 2. The van der Waals surface area contributed by atoms with E-state index >= 15 is 0 Å². The molecule has 1 aromatic heterocycles. The molecule has 2 aromatic rings. The molecule has 4 heteroatoms. The average Bonchev–Trinajstić information content (AvgIpc) is 3.04. The number of carbonyl (C=O) groups is 1. The van der Waals surface area contributed by atoms with Crippen LogP contribution in [-0.2, 0) is 16.6 Å². The lowest BCUT2D eigenvalue weighted by atomic mass is 9.86. The summed E-state index contributed by atoms with van der Waals surface area (Å²) in [6.45, 7) is 8.54. The summed E-state index contributed by atoms with van der Waals surface area (Å²) in [5.74, 6) is 0.0773. The number of amides is 1. The summed E-state index contributed by atoms with van der Waals surface area (Å²) in [5.41, 5.74) is 4.82. The summed E-state index contributed by atoms with van der Waals surface area (Å²) < 4.78 is 0. The summed E-state index contributed by atoms with van der Waals surface area (Å²) in [4.78, 5) is 27.0. The first-order chi connectivity index (χ1) is 12.8. The smallest absolute Gasteiger partial charge is 0.251 e. The molecule has 1 saturated heterocycles. The van der Waals surface area contributed by atoms with E-state index in [0.717, 1.165) is 28.8 Å². The fourth-order valence-corrected chi connectivity index (χ4v) is 3.39. The molecule has 2 N–H and O–H groups in total. The lowest BCUT2D eigenvalue weighted by Crippen LogP contribution is -2.23. The van der Waals surface area contributed by atoms with E-state index in [4.69, 9.17) is 0 Å². The van der Waals surface area contributed by atoms with E-state index in [2.05, 4.69) is 61.4 Å². The van der Waals surface area contributed by atoms with Gasteiger partial charge in [0.05, 0.1) is 0 Å². The third-order valence-corrected chi connectivity index (χ3v) is 5.12. The molecule has 0 aliphatic carbocycles. The largest absolute Gasteiger partial charge is 0.350 e. The molecule has 142 valence electrons. The van der Waals surface area contributed by atoms with Crippen LogP contribution in [0.4, 0.5) is 0 Å². The minimum atomic E-state index is -0.0531. The molecule has 1 aliphatic heterocycles. The molecular formula is C23H28N2O2. The molecule has 2 heterocycles. The van der Waals surface area contributed by atoms with Gasteiger partial charge < -0.3 is 10.3 Å². The third kappa shape index (κ3) is 4.38. The fraction of sp³-hybridized carbons (Fsp3) is 0.391. The molecule has 1 fully saturated rings. The van der Waals surface area contributed by atoms with Crippen LogP contribution in [0.3, 0.4) is 0 Å². The fourth-order valence-electron chi connectivity index (χ4n) is 3.39. The van der Waals surface area contributed by atoms with Crippen LogP contribution >= 0.6 is 0 Å². The van der Waals surface area contributed by atoms with E-state index in [9.17, 15) is 9.59 Å². The number of aromatic nitrogens is 1. The van der Waals surface area contributed by atoms with E-state index < -0.39 is 0 Å². The van der Waals surface area contributed by atoms with E-state index in [0.29, 0.717) is 12.8 Å². The lowest BCUT2D eigenvalue weighted by Gasteiger charge is -2.20. The van der Waals surface area contributed by atoms with Crippen molar-refractivity contribution in [2.24, 2.45) is 0 Å². The molecule has 0 bridgehead atoms. The number of H-pyrrole nitrogens is 1. The SMILES string of the molecule is CCc1ccc(/C(=C\[C@H]2CCC(=O)N2)c2ccc(C(C)(C)C)cc2)[nH]c1=O. The Balaban J connectivity index is 2.05. The summed E-state index contributed by atoms with van der Waals surface area (Å²) in [6.07, 6.45) is 4.09. The average molecular weight is 364 g/mol. The van der Waals surface area contributed by atoms with Crippen LogP contribution in [0.25, 0.3) is 5.57 Å². The summed E-state index contributed by atoms with van der Waals surface area (Å²) >= 11 is 0. The Bertz CT molecular complexity index is 915. The van der Waals surface area contributed by atoms with Gasteiger partial charge in [-0.1, -0.05) is 64.1 Å². The van der Waals surface area contributed by atoms with Gasteiger partial charge in [-0.25, -0.2) is 0 Å². The molecule has 1 atom stereocenters. The van der Waals surface area contributed by atoms with Crippen LogP contribution in [0.2, 0.25) is 0 Å². The zero-order valence-electron chi connectivity index (χ0n) is 16.6. The molecule has 3 rings (SSSR count). The maximum Gasteiger partial charge on any atom is 0.251 e. The number of aromatic amines is 1. The number of nitrogens with one attached hydrogen (secondary N) is 2. The highest BCUT2D eigenvalue weighted by molar-refractivity contribution is 5.82. The molecular weight excluding hydrogens is 336 g/mol. The van der Waals surface area contributed by atoms with Crippen molar-refractivity contribution in [2.45, 2.75) is 58.4 Å². The molecule has 27 heavy (non-hydrogen) atoms. The molecule has 4 nitrogen and oxygen atoms in total. The first kappa shape index (κ1) is 19.2. The van der Waals surface area contributed by atoms with Crippen molar-refractivity contribution in [3.05, 3.63) is 75.2 Å². The number of benzene rings is 1. The van der Waals surface area contributed by atoms with E-state index in [1.807, 2.05) is 19.1 Å². The van der Waals surface area contributed by atoms with Gasteiger partial charge in [-0.2, -0.15) is 0 Å². The van der Waals surface area contributed by atoms with Crippen molar-refractivity contribution in [1.29, 1.82) is 0 Å². The third-order valence-electron chi connectivity index (χ3n) is 5.12. The van der Waals surface area contributed by atoms with Crippen molar-refractivity contribution in [3.8, 4) is 0 Å². The van der Waals surface area contributed by atoms with Gasteiger partial charge in [0.25, 0.3) is 5.56 Å². The normalized spacial score (nSPS) is 17.9. The van der Waals surface area contributed by atoms with Crippen LogP contribution in [0.15, 0.2) is 47.3 Å². The van der Waals surface area contributed by atoms with Gasteiger partial charge in [0.1, 0.15) is 0 Å². The van der Waals surface area contributed by atoms with Crippen molar-refractivity contribution < 1.29 is 4.79 Å². The second kappa shape index (κ2) is 7.55. The van der Waals surface area contributed by atoms with Gasteiger partial charge in [0.2, 0.25) is 5.91 Å². The maximum absolute atomic E-state index is 12.3. The quantitative estimate of drug-likeness (QED) is 0.863. The lowest BCUT2D eigenvalue weighted by molar-refractivity contribution is -0.119. The van der Waals surface area contributed by atoms with Gasteiger partial charge in [0, 0.05) is 29.3 Å². The summed E-state index contributed by atoms with van der Waals surface area (Å²) in [6, 6.07) is 12.3. The Morgan fingerprint density at radius 1 is 1.11 bits per heavy atom.